The van der Waals surface area contributed by atoms with Crippen molar-refractivity contribution in [3.63, 3.8) is 0 Å². The first-order valence-electron chi connectivity index (χ1n) is 6.82. The van der Waals surface area contributed by atoms with Crippen LogP contribution >= 0.6 is 31.9 Å². The second-order valence-corrected chi connectivity index (χ2v) is 6.42. The molecule has 2 aromatic rings. The number of hydrogen-bond donors (Lipinski definition) is 4. The Morgan fingerprint density at radius 2 is 1.75 bits per heavy atom. The molecule has 2 rings (SSSR count). The zero-order valence-electron chi connectivity index (χ0n) is 12.2. The Hall–Kier alpha value is -2.13. The number of carbonyl (C=O) groups is 3. The highest BCUT2D eigenvalue weighted by molar-refractivity contribution is 9.13. The van der Waals surface area contributed by atoms with E-state index in [1.807, 2.05) is 0 Å². The van der Waals surface area contributed by atoms with Gasteiger partial charge < -0.3 is 20.7 Å². The molecule has 1 aromatic carbocycles. The van der Waals surface area contributed by atoms with Gasteiger partial charge in [0.15, 0.2) is 0 Å². The first-order valence-corrected chi connectivity index (χ1v) is 8.41. The summed E-state index contributed by atoms with van der Waals surface area (Å²) in [6.07, 6.45) is -0.138. The maximum absolute atomic E-state index is 12.1. The van der Waals surface area contributed by atoms with E-state index in [0.717, 1.165) is 4.47 Å². The number of amides is 2. The van der Waals surface area contributed by atoms with Crippen molar-refractivity contribution in [2.45, 2.75) is 6.42 Å². The number of halogens is 2. The summed E-state index contributed by atoms with van der Waals surface area (Å²) >= 11 is 6.55. The average molecular weight is 459 g/mol. The Bertz CT molecular complexity index is 752. The fourth-order valence-electron chi connectivity index (χ4n) is 1.81. The maximum atomic E-state index is 12.1. The largest absolute Gasteiger partial charge is 0.481 e. The van der Waals surface area contributed by atoms with Crippen LogP contribution in [0.25, 0.3) is 0 Å². The number of anilines is 1. The number of carboxylic acids is 1. The van der Waals surface area contributed by atoms with Crippen LogP contribution in [-0.2, 0) is 4.79 Å². The second-order valence-electron chi connectivity index (χ2n) is 4.78. The number of carboxylic acid groups (broad SMARTS) is 1. The van der Waals surface area contributed by atoms with Gasteiger partial charge in [0, 0.05) is 17.8 Å². The van der Waals surface area contributed by atoms with Crippen molar-refractivity contribution in [1.29, 1.82) is 0 Å². The zero-order chi connectivity index (χ0) is 17.7. The molecule has 0 bridgehead atoms. The summed E-state index contributed by atoms with van der Waals surface area (Å²) in [7, 11) is 0. The van der Waals surface area contributed by atoms with Crippen LogP contribution in [0.1, 0.15) is 27.3 Å². The molecule has 7 nitrogen and oxygen atoms in total. The van der Waals surface area contributed by atoms with Crippen LogP contribution in [0.5, 0.6) is 0 Å². The molecule has 0 saturated carbocycles. The summed E-state index contributed by atoms with van der Waals surface area (Å²) in [6, 6.07) is 7.93. The van der Waals surface area contributed by atoms with Gasteiger partial charge >= 0.3 is 5.97 Å². The van der Waals surface area contributed by atoms with Crippen molar-refractivity contribution in [1.82, 2.24) is 10.3 Å². The van der Waals surface area contributed by atoms with Gasteiger partial charge in [0.1, 0.15) is 5.69 Å². The molecule has 9 heteroatoms. The summed E-state index contributed by atoms with van der Waals surface area (Å²) in [6.45, 7) is 0.0588. The van der Waals surface area contributed by atoms with Crippen LogP contribution < -0.4 is 10.6 Å². The smallest absolute Gasteiger partial charge is 0.305 e. The van der Waals surface area contributed by atoms with Crippen LogP contribution in [0, 0.1) is 0 Å². The van der Waals surface area contributed by atoms with Crippen molar-refractivity contribution in [2.75, 3.05) is 11.9 Å². The number of aromatic amines is 1. The standard InChI is InChI=1S/C15H13Br2N3O4/c16-10-7-11(20-13(10)17)15(24)19-9-3-1-8(2-4-9)14(23)18-6-5-12(21)22/h1-4,7,20H,5-6H2,(H,18,23)(H,19,24)(H,21,22). The molecule has 2 amide bonds. The Labute approximate surface area is 154 Å². The predicted molar refractivity (Wildman–Crippen MR) is 95.2 cm³/mol. The predicted octanol–water partition coefficient (Wildman–Crippen LogP) is 3.00. The second kappa shape index (κ2) is 8.11. The summed E-state index contributed by atoms with van der Waals surface area (Å²) in [5.74, 6) is -1.66. The Morgan fingerprint density at radius 1 is 1.08 bits per heavy atom. The van der Waals surface area contributed by atoms with Gasteiger partial charge in [0.2, 0.25) is 0 Å². The van der Waals surface area contributed by atoms with Gasteiger partial charge in [0.25, 0.3) is 11.8 Å². The van der Waals surface area contributed by atoms with E-state index < -0.39 is 5.97 Å². The van der Waals surface area contributed by atoms with Crippen LogP contribution in [0.4, 0.5) is 5.69 Å². The van der Waals surface area contributed by atoms with Gasteiger partial charge in [-0.1, -0.05) is 0 Å². The van der Waals surface area contributed by atoms with E-state index in [0.29, 0.717) is 21.5 Å². The highest BCUT2D eigenvalue weighted by Gasteiger charge is 2.12. The van der Waals surface area contributed by atoms with Crippen molar-refractivity contribution in [3.8, 4) is 0 Å². The lowest BCUT2D eigenvalue weighted by Crippen LogP contribution is -2.25. The summed E-state index contributed by atoms with van der Waals surface area (Å²) in [4.78, 5) is 37.2. The van der Waals surface area contributed by atoms with E-state index in [1.165, 1.54) is 0 Å². The number of rotatable bonds is 6. The number of benzene rings is 1. The average Bonchev–Trinajstić information content (AvgIpc) is 2.87. The first-order chi connectivity index (χ1) is 11.4. The number of nitrogens with one attached hydrogen (secondary N) is 3. The molecule has 24 heavy (non-hydrogen) atoms. The van der Waals surface area contributed by atoms with E-state index in [9.17, 15) is 14.4 Å². The Kier molecular flexibility index (Phi) is 6.16. The van der Waals surface area contributed by atoms with Crippen LogP contribution in [0.2, 0.25) is 0 Å². The van der Waals surface area contributed by atoms with E-state index >= 15 is 0 Å². The minimum absolute atomic E-state index is 0.0588. The molecule has 0 aliphatic heterocycles. The van der Waals surface area contributed by atoms with E-state index in [-0.39, 0.29) is 24.8 Å². The molecule has 4 N–H and O–H groups in total. The minimum Gasteiger partial charge on any atom is -0.481 e. The van der Waals surface area contributed by atoms with Gasteiger partial charge in [-0.3, -0.25) is 14.4 Å². The van der Waals surface area contributed by atoms with E-state index in [2.05, 4.69) is 47.5 Å². The molecular weight excluding hydrogens is 446 g/mol. The normalized spacial score (nSPS) is 10.2. The molecule has 0 aliphatic rings. The van der Waals surface area contributed by atoms with Gasteiger partial charge in [0.05, 0.1) is 15.5 Å². The highest BCUT2D eigenvalue weighted by atomic mass is 79.9. The van der Waals surface area contributed by atoms with Gasteiger partial charge in [-0.15, -0.1) is 0 Å². The summed E-state index contributed by atoms with van der Waals surface area (Å²) in [5, 5.41) is 13.7. The first kappa shape index (κ1) is 18.2. The third kappa shape index (κ3) is 4.93. The third-order valence-electron chi connectivity index (χ3n) is 3.00. The number of hydrogen-bond acceptors (Lipinski definition) is 3. The molecule has 0 unspecified atom stereocenters. The van der Waals surface area contributed by atoms with Crippen molar-refractivity contribution < 1.29 is 19.5 Å². The Morgan fingerprint density at radius 3 is 2.29 bits per heavy atom. The molecule has 1 aromatic heterocycles. The van der Waals surface area contributed by atoms with Crippen molar-refractivity contribution in [2.24, 2.45) is 0 Å². The lowest BCUT2D eigenvalue weighted by Gasteiger charge is -2.06. The van der Waals surface area contributed by atoms with Gasteiger partial charge in [-0.25, -0.2) is 0 Å². The lowest BCUT2D eigenvalue weighted by atomic mass is 10.2. The molecule has 0 aliphatic carbocycles. The van der Waals surface area contributed by atoms with Crippen LogP contribution in [-0.4, -0.2) is 34.4 Å². The number of carbonyl (C=O) groups excluding carboxylic acids is 2. The molecule has 1 heterocycles. The highest BCUT2D eigenvalue weighted by Crippen LogP contribution is 2.23. The van der Waals surface area contributed by atoms with Gasteiger partial charge in [-0.2, -0.15) is 0 Å². The third-order valence-corrected chi connectivity index (χ3v) is 4.78. The molecule has 0 atom stereocenters. The lowest BCUT2D eigenvalue weighted by molar-refractivity contribution is -0.136. The molecule has 0 saturated heterocycles. The monoisotopic (exact) mass is 457 g/mol. The molecular formula is C15H13Br2N3O4. The number of aromatic nitrogens is 1. The SMILES string of the molecule is O=C(O)CCNC(=O)c1ccc(NC(=O)c2cc(Br)c(Br)[nH]2)cc1. The minimum atomic E-state index is -0.976. The fourth-order valence-corrected chi connectivity index (χ4v) is 2.47. The molecule has 0 radical (unpaired) electrons. The van der Waals surface area contributed by atoms with E-state index in [4.69, 9.17) is 5.11 Å². The molecule has 0 fully saturated rings. The van der Waals surface area contributed by atoms with Crippen LogP contribution in [0.15, 0.2) is 39.4 Å². The molecule has 126 valence electrons. The summed E-state index contributed by atoms with van der Waals surface area (Å²) in [5.41, 5.74) is 1.29. The number of H-pyrrole nitrogens is 1. The topological polar surface area (TPSA) is 111 Å². The maximum Gasteiger partial charge on any atom is 0.305 e. The summed E-state index contributed by atoms with van der Waals surface area (Å²) < 4.78 is 1.40. The van der Waals surface area contributed by atoms with E-state index in [1.54, 1.807) is 30.3 Å². The van der Waals surface area contributed by atoms with Crippen molar-refractivity contribution >= 4 is 55.3 Å². The number of aliphatic carboxylic acids is 1. The Balaban J connectivity index is 1.95. The zero-order valence-corrected chi connectivity index (χ0v) is 15.4. The quantitative estimate of drug-likeness (QED) is 0.533. The van der Waals surface area contributed by atoms with Crippen LogP contribution in [0.3, 0.4) is 0 Å². The fraction of sp³-hybridized carbons (Fsp3) is 0.133. The van der Waals surface area contributed by atoms with Crippen molar-refractivity contribution in [3.05, 3.63) is 50.7 Å². The van der Waals surface area contributed by atoms with Gasteiger partial charge in [-0.05, 0) is 62.2 Å². The molecule has 0 spiro atoms.